The summed E-state index contributed by atoms with van der Waals surface area (Å²) >= 11 is 4.78. The number of thiocarbonyl (C=S) groups is 1. The fraction of sp³-hybridized carbons (Fsp3) is 0.167. The molecule has 1 aromatic rings. The zero-order chi connectivity index (χ0) is 18.4. The third-order valence-corrected chi connectivity index (χ3v) is 3.54. The second kappa shape index (κ2) is 8.25. The van der Waals surface area contributed by atoms with Crippen LogP contribution in [0.1, 0.15) is 11.1 Å². The molecule has 0 aliphatic carbocycles. The molecule has 25 heavy (non-hydrogen) atoms. The monoisotopic (exact) mass is 358 g/mol. The van der Waals surface area contributed by atoms with Crippen molar-refractivity contribution in [3.63, 3.8) is 0 Å². The first-order valence-electron chi connectivity index (χ1n) is 7.44. The van der Waals surface area contributed by atoms with Gasteiger partial charge in [-0.1, -0.05) is 18.7 Å². The third kappa shape index (κ3) is 4.33. The summed E-state index contributed by atoms with van der Waals surface area (Å²) in [5.74, 6) is -0.0432. The number of carbonyl (C=O) groups is 2. The van der Waals surface area contributed by atoms with Crippen molar-refractivity contribution < 1.29 is 19.1 Å². The highest BCUT2D eigenvalue weighted by Crippen LogP contribution is 2.34. The van der Waals surface area contributed by atoms with Gasteiger partial charge in [-0.05, 0) is 42.4 Å². The molecule has 0 spiro atoms. The highest BCUT2D eigenvalue weighted by molar-refractivity contribution is 7.80. The zero-order valence-electron chi connectivity index (χ0n) is 13.8. The van der Waals surface area contributed by atoms with Gasteiger partial charge in [-0.15, -0.1) is 6.58 Å². The molecule has 130 valence electrons. The number of hydrogen-bond donors (Lipinski definition) is 2. The van der Waals surface area contributed by atoms with Crippen LogP contribution in [0.3, 0.4) is 0 Å². The molecule has 1 saturated heterocycles. The van der Waals surface area contributed by atoms with Crippen molar-refractivity contribution in [2.45, 2.75) is 6.42 Å². The van der Waals surface area contributed by atoms with Gasteiger partial charge in [0.15, 0.2) is 16.6 Å². The molecule has 1 heterocycles. The lowest BCUT2D eigenvalue weighted by Gasteiger charge is -2.17. The summed E-state index contributed by atoms with van der Waals surface area (Å²) in [5, 5.41) is 4.78. The molecule has 0 saturated carbocycles. The van der Waals surface area contributed by atoms with Gasteiger partial charge in [0.1, 0.15) is 12.2 Å². The highest BCUT2D eigenvalue weighted by Gasteiger charge is 2.26. The van der Waals surface area contributed by atoms with Crippen LogP contribution in [0.25, 0.3) is 6.08 Å². The van der Waals surface area contributed by atoms with Gasteiger partial charge in [-0.3, -0.25) is 20.2 Å². The van der Waals surface area contributed by atoms with Gasteiger partial charge >= 0.3 is 0 Å². The Bertz CT molecular complexity index is 762. The van der Waals surface area contributed by atoms with Crippen molar-refractivity contribution in [1.82, 2.24) is 10.6 Å². The fourth-order valence-electron chi connectivity index (χ4n) is 2.30. The molecule has 2 N–H and O–H groups in total. The molecule has 7 heteroatoms. The summed E-state index contributed by atoms with van der Waals surface area (Å²) in [7, 11) is 1.52. The third-order valence-electron chi connectivity index (χ3n) is 3.34. The van der Waals surface area contributed by atoms with Crippen LogP contribution >= 0.6 is 12.2 Å². The Morgan fingerprint density at radius 1 is 1.16 bits per heavy atom. The number of allylic oxidation sites excluding steroid dienone is 1. The maximum absolute atomic E-state index is 12.0. The van der Waals surface area contributed by atoms with Crippen molar-refractivity contribution in [2.75, 3.05) is 13.7 Å². The van der Waals surface area contributed by atoms with Crippen LogP contribution in [0.5, 0.6) is 11.5 Å². The SMILES string of the molecule is C=CCOc1c(CC=C)cc(C=C2C(=O)NC(=S)NC2=O)cc1OC. The molecule has 1 aromatic carbocycles. The van der Waals surface area contributed by atoms with E-state index in [-0.39, 0.29) is 10.7 Å². The van der Waals surface area contributed by atoms with E-state index < -0.39 is 11.8 Å². The summed E-state index contributed by atoms with van der Waals surface area (Å²) < 4.78 is 11.1. The molecule has 0 radical (unpaired) electrons. The van der Waals surface area contributed by atoms with E-state index in [9.17, 15) is 9.59 Å². The summed E-state index contributed by atoms with van der Waals surface area (Å²) in [6, 6.07) is 3.49. The lowest BCUT2D eigenvalue weighted by atomic mass is 10.0. The summed E-state index contributed by atoms with van der Waals surface area (Å²) in [5.41, 5.74) is 1.39. The molecule has 0 aromatic heterocycles. The Morgan fingerprint density at radius 2 is 1.84 bits per heavy atom. The molecule has 1 aliphatic rings. The van der Waals surface area contributed by atoms with Crippen molar-refractivity contribution in [3.8, 4) is 11.5 Å². The summed E-state index contributed by atoms with van der Waals surface area (Å²) in [4.78, 5) is 24.0. The molecule has 0 unspecified atom stereocenters. The quantitative estimate of drug-likeness (QED) is 0.337. The Balaban J connectivity index is 2.49. The molecule has 1 aliphatic heterocycles. The number of carbonyl (C=O) groups excluding carboxylic acids is 2. The van der Waals surface area contributed by atoms with E-state index in [0.29, 0.717) is 30.1 Å². The average molecular weight is 358 g/mol. The van der Waals surface area contributed by atoms with E-state index in [0.717, 1.165) is 5.56 Å². The smallest absolute Gasteiger partial charge is 0.263 e. The molecule has 0 atom stereocenters. The minimum Gasteiger partial charge on any atom is -0.493 e. The molecule has 1 fully saturated rings. The molecule has 2 rings (SSSR count). The Hall–Kier alpha value is -2.93. The fourth-order valence-corrected chi connectivity index (χ4v) is 2.49. The van der Waals surface area contributed by atoms with Crippen LogP contribution in [0.4, 0.5) is 0 Å². The molecular weight excluding hydrogens is 340 g/mol. The van der Waals surface area contributed by atoms with E-state index in [2.05, 4.69) is 23.8 Å². The Labute approximate surface area is 151 Å². The maximum Gasteiger partial charge on any atom is 0.263 e. The number of amides is 2. The predicted octanol–water partition coefficient (Wildman–Crippen LogP) is 1.90. The highest BCUT2D eigenvalue weighted by atomic mass is 32.1. The first-order chi connectivity index (χ1) is 12.0. The topological polar surface area (TPSA) is 76.7 Å². The first kappa shape index (κ1) is 18.4. The Kier molecular flexibility index (Phi) is 6.08. The van der Waals surface area contributed by atoms with E-state index in [1.54, 1.807) is 18.2 Å². The average Bonchev–Trinajstić information content (AvgIpc) is 2.57. The van der Waals surface area contributed by atoms with Gasteiger partial charge in [0.2, 0.25) is 0 Å². The second-order valence-corrected chi connectivity index (χ2v) is 5.51. The number of nitrogens with one attached hydrogen (secondary N) is 2. The molecule has 6 nitrogen and oxygen atoms in total. The van der Waals surface area contributed by atoms with Gasteiger partial charge in [0.25, 0.3) is 11.8 Å². The van der Waals surface area contributed by atoms with Crippen LogP contribution in [0, 0.1) is 0 Å². The Morgan fingerprint density at radius 3 is 2.40 bits per heavy atom. The van der Waals surface area contributed by atoms with Crippen LogP contribution in [0.2, 0.25) is 0 Å². The van der Waals surface area contributed by atoms with Crippen molar-refractivity contribution >= 4 is 35.2 Å². The van der Waals surface area contributed by atoms with Crippen molar-refractivity contribution in [3.05, 3.63) is 54.1 Å². The number of rotatable bonds is 7. The van der Waals surface area contributed by atoms with Gasteiger partial charge in [-0.25, -0.2) is 0 Å². The molecule has 0 bridgehead atoms. The van der Waals surface area contributed by atoms with E-state index in [1.165, 1.54) is 13.2 Å². The van der Waals surface area contributed by atoms with Crippen molar-refractivity contribution in [2.24, 2.45) is 0 Å². The number of methoxy groups -OCH3 is 1. The first-order valence-corrected chi connectivity index (χ1v) is 7.84. The van der Waals surface area contributed by atoms with Gasteiger partial charge < -0.3 is 9.47 Å². The number of ether oxygens (including phenoxy) is 2. The van der Waals surface area contributed by atoms with Crippen LogP contribution in [-0.2, 0) is 16.0 Å². The number of benzene rings is 1. The van der Waals surface area contributed by atoms with E-state index in [1.807, 2.05) is 6.07 Å². The van der Waals surface area contributed by atoms with Crippen molar-refractivity contribution in [1.29, 1.82) is 0 Å². The van der Waals surface area contributed by atoms with Crippen LogP contribution < -0.4 is 20.1 Å². The standard InChI is InChI=1S/C18H18N2O4S/c1-4-6-12-8-11(10-14(23-3)15(12)24-7-5-2)9-13-16(21)19-18(25)20-17(13)22/h4-5,8-10H,1-2,6-7H2,3H3,(H2,19,20,21,22,25). The minimum absolute atomic E-state index is 0.00903. The second-order valence-electron chi connectivity index (χ2n) is 5.10. The summed E-state index contributed by atoms with van der Waals surface area (Å²) in [6.07, 6.45) is 5.36. The lowest BCUT2D eigenvalue weighted by molar-refractivity contribution is -0.123. The molecule has 2 amide bonds. The minimum atomic E-state index is -0.551. The zero-order valence-corrected chi connectivity index (χ0v) is 14.6. The maximum atomic E-state index is 12.0. The molecular formula is C18H18N2O4S. The van der Waals surface area contributed by atoms with E-state index >= 15 is 0 Å². The predicted molar refractivity (Wildman–Crippen MR) is 99.4 cm³/mol. The summed E-state index contributed by atoms with van der Waals surface area (Å²) in [6.45, 7) is 7.69. The largest absolute Gasteiger partial charge is 0.493 e. The lowest BCUT2D eigenvalue weighted by Crippen LogP contribution is -2.51. The van der Waals surface area contributed by atoms with Gasteiger partial charge in [0.05, 0.1) is 7.11 Å². The normalized spacial score (nSPS) is 13.6. The van der Waals surface area contributed by atoms with E-state index in [4.69, 9.17) is 21.7 Å². The van der Waals surface area contributed by atoms with Crippen LogP contribution in [-0.4, -0.2) is 30.6 Å². The van der Waals surface area contributed by atoms with Gasteiger partial charge in [0, 0.05) is 5.56 Å². The van der Waals surface area contributed by atoms with Gasteiger partial charge in [-0.2, -0.15) is 0 Å². The number of hydrogen-bond acceptors (Lipinski definition) is 5. The van der Waals surface area contributed by atoms with Crippen LogP contribution in [0.15, 0.2) is 43.0 Å².